The number of carboxylic acids is 1. The van der Waals surface area contributed by atoms with E-state index in [0.29, 0.717) is 5.56 Å². The Bertz CT molecular complexity index is 524. The highest BCUT2D eigenvalue weighted by Gasteiger charge is 2.29. The van der Waals surface area contributed by atoms with Crippen molar-refractivity contribution in [2.45, 2.75) is 38.6 Å². The zero-order valence-corrected chi connectivity index (χ0v) is 13.0. The lowest BCUT2D eigenvalue weighted by Crippen LogP contribution is -2.42. The maximum Gasteiger partial charge on any atom is 0.323 e. The first-order valence-electron chi connectivity index (χ1n) is 6.78. The van der Waals surface area contributed by atoms with Crippen LogP contribution in [0.4, 0.5) is 0 Å². The number of carbonyl (C=O) groups is 2. The molecule has 0 heterocycles. The van der Waals surface area contributed by atoms with Crippen molar-refractivity contribution in [1.82, 2.24) is 4.90 Å². The molecule has 1 aromatic rings. The van der Waals surface area contributed by atoms with Crippen molar-refractivity contribution in [3.05, 3.63) is 33.8 Å². The van der Waals surface area contributed by atoms with E-state index in [0.717, 1.165) is 35.7 Å². The van der Waals surface area contributed by atoms with Crippen molar-refractivity contribution >= 4 is 27.8 Å². The Balaban J connectivity index is 2.27. The van der Waals surface area contributed by atoms with Crippen LogP contribution in [0.3, 0.4) is 0 Å². The summed E-state index contributed by atoms with van der Waals surface area (Å²) in [5.74, 6) is -1.17. The van der Waals surface area contributed by atoms with Crippen molar-refractivity contribution < 1.29 is 14.7 Å². The second kappa shape index (κ2) is 6.39. The number of carbonyl (C=O) groups excluding carboxylic acids is 1. The van der Waals surface area contributed by atoms with E-state index in [1.54, 1.807) is 6.07 Å². The first kappa shape index (κ1) is 15.0. The standard InChI is InChI=1S/C15H18BrNO3/c1-10-6-7-12(13(16)8-10)15(20)17(9-14(18)19)11-4-2-3-5-11/h6-8,11H,2-5,9H2,1H3,(H,18,19). The van der Waals surface area contributed by atoms with Crippen molar-refractivity contribution in [2.24, 2.45) is 0 Å². The highest BCUT2D eigenvalue weighted by molar-refractivity contribution is 9.10. The quantitative estimate of drug-likeness (QED) is 0.916. The molecule has 0 aromatic heterocycles. The van der Waals surface area contributed by atoms with Crippen LogP contribution >= 0.6 is 15.9 Å². The van der Waals surface area contributed by atoms with E-state index in [-0.39, 0.29) is 18.5 Å². The summed E-state index contributed by atoms with van der Waals surface area (Å²) in [5, 5.41) is 9.05. The molecule has 1 saturated carbocycles. The third-order valence-electron chi connectivity index (χ3n) is 3.69. The molecule has 0 aliphatic heterocycles. The van der Waals surface area contributed by atoms with Crippen molar-refractivity contribution in [1.29, 1.82) is 0 Å². The van der Waals surface area contributed by atoms with Gasteiger partial charge in [-0.15, -0.1) is 0 Å². The number of aliphatic carboxylic acids is 1. The molecule has 0 spiro atoms. The second-order valence-corrected chi connectivity index (χ2v) is 6.10. The van der Waals surface area contributed by atoms with Crippen molar-refractivity contribution in [2.75, 3.05) is 6.54 Å². The fraction of sp³-hybridized carbons (Fsp3) is 0.467. The molecule has 1 fully saturated rings. The summed E-state index contributed by atoms with van der Waals surface area (Å²) in [4.78, 5) is 25.2. The number of halogens is 1. The number of nitrogens with zero attached hydrogens (tertiary/aromatic N) is 1. The smallest absolute Gasteiger partial charge is 0.323 e. The van der Waals surface area contributed by atoms with Gasteiger partial charge in [0.05, 0.1) is 5.56 Å². The Morgan fingerprint density at radius 1 is 1.35 bits per heavy atom. The predicted molar refractivity (Wildman–Crippen MR) is 79.8 cm³/mol. The Morgan fingerprint density at radius 2 is 2.00 bits per heavy atom. The van der Waals surface area contributed by atoms with Crippen LogP contribution in [0.2, 0.25) is 0 Å². The zero-order valence-electron chi connectivity index (χ0n) is 11.4. The summed E-state index contributed by atoms with van der Waals surface area (Å²) in [7, 11) is 0. The number of hydrogen-bond acceptors (Lipinski definition) is 2. The molecule has 5 heteroatoms. The zero-order chi connectivity index (χ0) is 14.7. The van der Waals surface area contributed by atoms with E-state index < -0.39 is 5.97 Å². The molecule has 2 rings (SSSR count). The molecule has 1 N–H and O–H groups in total. The predicted octanol–water partition coefficient (Wildman–Crippen LogP) is 3.23. The Morgan fingerprint density at radius 3 is 2.55 bits per heavy atom. The molecule has 0 unspecified atom stereocenters. The van der Waals surface area contributed by atoms with E-state index in [2.05, 4.69) is 15.9 Å². The monoisotopic (exact) mass is 339 g/mol. The first-order chi connectivity index (χ1) is 9.49. The van der Waals surface area contributed by atoms with Gasteiger partial charge in [0, 0.05) is 10.5 Å². The Kier molecular flexibility index (Phi) is 4.81. The SMILES string of the molecule is Cc1ccc(C(=O)N(CC(=O)O)C2CCCC2)c(Br)c1. The summed E-state index contributed by atoms with van der Waals surface area (Å²) in [5.41, 5.74) is 1.59. The molecule has 1 aliphatic rings. The van der Waals surface area contributed by atoms with Gasteiger partial charge in [0.25, 0.3) is 5.91 Å². The van der Waals surface area contributed by atoms with Crippen LogP contribution in [0.1, 0.15) is 41.6 Å². The molecule has 0 saturated heterocycles. The molecule has 20 heavy (non-hydrogen) atoms. The lowest BCUT2D eigenvalue weighted by atomic mass is 10.1. The highest BCUT2D eigenvalue weighted by Crippen LogP contribution is 2.27. The number of hydrogen-bond donors (Lipinski definition) is 1. The van der Waals surface area contributed by atoms with Gasteiger partial charge in [0.2, 0.25) is 0 Å². The average Bonchev–Trinajstić information content (AvgIpc) is 2.88. The molecule has 0 radical (unpaired) electrons. The Hall–Kier alpha value is -1.36. The van der Waals surface area contributed by atoms with Gasteiger partial charge in [-0.1, -0.05) is 18.9 Å². The topological polar surface area (TPSA) is 57.6 Å². The molecule has 1 amide bonds. The van der Waals surface area contributed by atoms with Crippen molar-refractivity contribution in [3.8, 4) is 0 Å². The minimum absolute atomic E-state index is 0.0480. The van der Waals surface area contributed by atoms with Gasteiger partial charge in [-0.3, -0.25) is 9.59 Å². The molecule has 4 nitrogen and oxygen atoms in total. The van der Waals surface area contributed by atoms with Crippen LogP contribution < -0.4 is 0 Å². The fourth-order valence-electron chi connectivity index (χ4n) is 2.68. The maximum atomic E-state index is 12.6. The highest BCUT2D eigenvalue weighted by atomic mass is 79.9. The lowest BCUT2D eigenvalue weighted by molar-refractivity contribution is -0.138. The maximum absolute atomic E-state index is 12.6. The van der Waals surface area contributed by atoms with Crippen LogP contribution in [0.15, 0.2) is 22.7 Å². The first-order valence-corrected chi connectivity index (χ1v) is 7.57. The Labute approximate surface area is 126 Å². The summed E-state index contributed by atoms with van der Waals surface area (Å²) >= 11 is 3.40. The number of benzene rings is 1. The molecular formula is C15H18BrNO3. The van der Waals surface area contributed by atoms with E-state index in [1.165, 1.54) is 4.90 Å². The van der Waals surface area contributed by atoms with Gasteiger partial charge in [0.15, 0.2) is 0 Å². The van der Waals surface area contributed by atoms with E-state index in [1.807, 2.05) is 19.1 Å². The van der Waals surface area contributed by atoms with Gasteiger partial charge < -0.3 is 10.0 Å². The van der Waals surface area contributed by atoms with Crippen LogP contribution in [0.25, 0.3) is 0 Å². The summed E-state index contributed by atoms with van der Waals surface area (Å²) < 4.78 is 0.718. The number of carboxylic acid groups (broad SMARTS) is 1. The molecular weight excluding hydrogens is 322 g/mol. The summed E-state index contributed by atoms with van der Waals surface area (Å²) in [6, 6.07) is 5.55. The molecule has 1 aliphatic carbocycles. The van der Waals surface area contributed by atoms with E-state index >= 15 is 0 Å². The average molecular weight is 340 g/mol. The van der Waals surface area contributed by atoms with Gasteiger partial charge in [0.1, 0.15) is 6.54 Å². The normalized spacial score (nSPS) is 15.3. The van der Waals surface area contributed by atoms with Crippen LogP contribution in [0.5, 0.6) is 0 Å². The minimum atomic E-state index is -0.964. The van der Waals surface area contributed by atoms with E-state index in [9.17, 15) is 9.59 Å². The van der Waals surface area contributed by atoms with Crippen molar-refractivity contribution in [3.63, 3.8) is 0 Å². The molecule has 1 aromatic carbocycles. The second-order valence-electron chi connectivity index (χ2n) is 5.25. The molecule has 108 valence electrons. The fourth-order valence-corrected chi connectivity index (χ4v) is 3.34. The van der Waals surface area contributed by atoms with Crippen LogP contribution in [-0.4, -0.2) is 34.5 Å². The summed E-state index contributed by atoms with van der Waals surface area (Å²) in [6.45, 7) is 1.72. The minimum Gasteiger partial charge on any atom is -0.480 e. The number of aryl methyl sites for hydroxylation is 1. The van der Waals surface area contributed by atoms with Gasteiger partial charge in [-0.05, 0) is 53.4 Å². The molecule has 0 atom stereocenters. The summed E-state index contributed by atoms with van der Waals surface area (Å²) in [6.07, 6.45) is 3.90. The van der Waals surface area contributed by atoms with Gasteiger partial charge >= 0.3 is 5.97 Å². The van der Waals surface area contributed by atoms with Crippen LogP contribution in [-0.2, 0) is 4.79 Å². The largest absolute Gasteiger partial charge is 0.480 e. The molecule has 0 bridgehead atoms. The third-order valence-corrected chi connectivity index (χ3v) is 4.34. The number of rotatable bonds is 4. The van der Waals surface area contributed by atoms with Gasteiger partial charge in [-0.2, -0.15) is 0 Å². The number of amides is 1. The third kappa shape index (κ3) is 3.39. The van der Waals surface area contributed by atoms with Gasteiger partial charge in [-0.25, -0.2) is 0 Å². The van der Waals surface area contributed by atoms with Crippen LogP contribution in [0, 0.1) is 6.92 Å². The van der Waals surface area contributed by atoms with E-state index in [4.69, 9.17) is 5.11 Å². The lowest BCUT2D eigenvalue weighted by Gasteiger charge is -2.27.